The first kappa shape index (κ1) is 18.8. The molecule has 0 saturated carbocycles. The number of para-hydroxylation sites is 1. The highest BCUT2D eigenvalue weighted by Gasteiger charge is 2.20. The molecule has 1 amide bonds. The minimum absolute atomic E-state index is 0.0204. The van der Waals surface area contributed by atoms with E-state index in [4.69, 9.17) is 0 Å². The summed E-state index contributed by atoms with van der Waals surface area (Å²) >= 11 is 0. The van der Waals surface area contributed by atoms with Gasteiger partial charge in [-0.1, -0.05) is 36.8 Å². The SMILES string of the molecule is CC(c1cc2ccccc2[nH]1)N(C)C(=O)c1ccc(CN2CCCCC2)cc1. The van der Waals surface area contributed by atoms with Crippen molar-refractivity contribution in [3.05, 3.63) is 71.4 Å². The lowest BCUT2D eigenvalue weighted by Crippen LogP contribution is -2.30. The van der Waals surface area contributed by atoms with Crippen molar-refractivity contribution in [3.8, 4) is 0 Å². The van der Waals surface area contributed by atoms with Gasteiger partial charge in [0.05, 0.1) is 6.04 Å². The summed E-state index contributed by atoms with van der Waals surface area (Å²) in [6.07, 6.45) is 3.95. The zero-order valence-corrected chi connectivity index (χ0v) is 16.8. The largest absolute Gasteiger partial charge is 0.357 e. The molecule has 4 rings (SSSR count). The molecule has 1 unspecified atom stereocenters. The second-order valence-electron chi connectivity index (χ2n) is 7.94. The second kappa shape index (κ2) is 8.19. The molecule has 1 aromatic heterocycles. The molecule has 1 fully saturated rings. The smallest absolute Gasteiger partial charge is 0.254 e. The minimum Gasteiger partial charge on any atom is -0.357 e. The number of hydrogen-bond acceptors (Lipinski definition) is 2. The van der Waals surface area contributed by atoms with E-state index >= 15 is 0 Å². The third-order valence-corrected chi connectivity index (χ3v) is 5.96. The van der Waals surface area contributed by atoms with Crippen LogP contribution in [0, 0.1) is 0 Å². The number of H-pyrrole nitrogens is 1. The molecule has 1 N–H and O–H groups in total. The van der Waals surface area contributed by atoms with Crippen LogP contribution < -0.4 is 0 Å². The third kappa shape index (κ3) is 3.97. The van der Waals surface area contributed by atoms with Crippen LogP contribution in [-0.2, 0) is 6.54 Å². The van der Waals surface area contributed by atoms with Gasteiger partial charge in [0.1, 0.15) is 0 Å². The summed E-state index contributed by atoms with van der Waals surface area (Å²) in [6.45, 7) is 5.42. The van der Waals surface area contributed by atoms with Gasteiger partial charge in [0.2, 0.25) is 0 Å². The number of carbonyl (C=O) groups excluding carboxylic acids is 1. The fourth-order valence-corrected chi connectivity index (χ4v) is 4.04. The summed E-state index contributed by atoms with van der Waals surface area (Å²) < 4.78 is 0. The lowest BCUT2D eigenvalue weighted by molar-refractivity contribution is 0.0740. The van der Waals surface area contributed by atoms with Crippen LogP contribution in [0.15, 0.2) is 54.6 Å². The molecule has 28 heavy (non-hydrogen) atoms. The van der Waals surface area contributed by atoms with E-state index in [-0.39, 0.29) is 11.9 Å². The molecule has 0 bridgehead atoms. The molecule has 2 heterocycles. The summed E-state index contributed by atoms with van der Waals surface area (Å²) in [6, 6.07) is 18.5. The number of carbonyl (C=O) groups is 1. The number of rotatable bonds is 5. The van der Waals surface area contributed by atoms with Gasteiger partial charge in [-0.25, -0.2) is 0 Å². The van der Waals surface area contributed by atoms with E-state index < -0.39 is 0 Å². The van der Waals surface area contributed by atoms with Crippen LogP contribution in [-0.4, -0.2) is 40.8 Å². The van der Waals surface area contributed by atoms with E-state index in [0.717, 1.165) is 23.3 Å². The number of piperidine rings is 1. The van der Waals surface area contributed by atoms with Crippen LogP contribution in [0.25, 0.3) is 10.9 Å². The standard InChI is InChI=1S/C24H29N3O/c1-18(23-16-21-8-4-5-9-22(21)25-23)26(2)24(28)20-12-10-19(11-13-20)17-27-14-6-3-7-15-27/h4-5,8-13,16,18,25H,3,6-7,14-15,17H2,1-2H3. The molecule has 4 nitrogen and oxygen atoms in total. The van der Waals surface area contributed by atoms with Gasteiger partial charge in [-0.05, 0) is 68.1 Å². The first-order valence-electron chi connectivity index (χ1n) is 10.3. The van der Waals surface area contributed by atoms with Crippen LogP contribution >= 0.6 is 0 Å². The average Bonchev–Trinajstić information content (AvgIpc) is 3.18. The Balaban J connectivity index is 1.43. The summed E-state index contributed by atoms with van der Waals surface area (Å²) in [5, 5.41) is 1.17. The second-order valence-corrected chi connectivity index (χ2v) is 7.94. The average molecular weight is 376 g/mol. The van der Waals surface area contributed by atoms with Gasteiger partial charge in [0.15, 0.2) is 0 Å². The number of benzene rings is 2. The van der Waals surface area contributed by atoms with E-state index in [0.29, 0.717) is 0 Å². The van der Waals surface area contributed by atoms with E-state index in [1.54, 1.807) is 0 Å². The van der Waals surface area contributed by atoms with Gasteiger partial charge in [0, 0.05) is 30.4 Å². The summed E-state index contributed by atoms with van der Waals surface area (Å²) in [7, 11) is 1.88. The van der Waals surface area contributed by atoms with E-state index in [1.165, 1.54) is 43.3 Å². The highest BCUT2D eigenvalue weighted by Crippen LogP contribution is 2.24. The predicted molar refractivity (Wildman–Crippen MR) is 114 cm³/mol. The van der Waals surface area contributed by atoms with Crippen LogP contribution in [0.2, 0.25) is 0 Å². The van der Waals surface area contributed by atoms with Gasteiger partial charge in [-0.15, -0.1) is 0 Å². The molecule has 1 atom stereocenters. The Bertz CT molecular complexity index is 905. The van der Waals surface area contributed by atoms with Crippen LogP contribution in [0.5, 0.6) is 0 Å². The maximum Gasteiger partial charge on any atom is 0.254 e. The van der Waals surface area contributed by atoms with Crippen molar-refractivity contribution in [2.45, 2.75) is 38.8 Å². The fourth-order valence-electron chi connectivity index (χ4n) is 4.04. The van der Waals surface area contributed by atoms with Gasteiger partial charge in [0.25, 0.3) is 5.91 Å². The number of nitrogens with zero attached hydrogens (tertiary/aromatic N) is 2. The van der Waals surface area contributed by atoms with Crippen molar-refractivity contribution in [1.82, 2.24) is 14.8 Å². The number of nitrogens with one attached hydrogen (secondary N) is 1. The molecule has 0 aliphatic carbocycles. The van der Waals surface area contributed by atoms with Crippen molar-refractivity contribution in [3.63, 3.8) is 0 Å². The first-order valence-corrected chi connectivity index (χ1v) is 10.3. The number of aromatic amines is 1. The zero-order valence-electron chi connectivity index (χ0n) is 16.8. The molecule has 2 aromatic carbocycles. The molecular formula is C24H29N3O. The Morgan fingerprint density at radius 2 is 1.79 bits per heavy atom. The Morgan fingerprint density at radius 1 is 1.07 bits per heavy atom. The lowest BCUT2D eigenvalue weighted by Gasteiger charge is -2.26. The minimum atomic E-state index is -0.0204. The van der Waals surface area contributed by atoms with Crippen LogP contribution in [0.3, 0.4) is 0 Å². The molecule has 1 aliphatic heterocycles. The molecule has 4 heteroatoms. The highest BCUT2D eigenvalue weighted by molar-refractivity contribution is 5.94. The van der Waals surface area contributed by atoms with Crippen molar-refractivity contribution in [2.75, 3.05) is 20.1 Å². The lowest BCUT2D eigenvalue weighted by atomic mass is 10.1. The summed E-state index contributed by atoms with van der Waals surface area (Å²) in [5.74, 6) is 0.0516. The van der Waals surface area contributed by atoms with Crippen LogP contribution in [0.4, 0.5) is 0 Å². The fraction of sp³-hybridized carbons (Fsp3) is 0.375. The van der Waals surface area contributed by atoms with Gasteiger partial charge in [-0.2, -0.15) is 0 Å². The first-order chi connectivity index (χ1) is 13.6. The Morgan fingerprint density at radius 3 is 2.50 bits per heavy atom. The quantitative estimate of drug-likeness (QED) is 0.682. The van der Waals surface area contributed by atoms with Gasteiger partial charge < -0.3 is 9.88 Å². The van der Waals surface area contributed by atoms with E-state index in [9.17, 15) is 4.79 Å². The molecular weight excluding hydrogens is 346 g/mol. The number of hydrogen-bond donors (Lipinski definition) is 1. The van der Waals surface area contributed by atoms with Crippen molar-refractivity contribution in [2.24, 2.45) is 0 Å². The normalized spacial score (nSPS) is 16.2. The molecule has 146 valence electrons. The maximum absolute atomic E-state index is 13.0. The van der Waals surface area contributed by atoms with Crippen molar-refractivity contribution in [1.29, 1.82) is 0 Å². The van der Waals surface area contributed by atoms with E-state index in [2.05, 4.69) is 47.1 Å². The number of likely N-dealkylation sites (tertiary alicyclic amines) is 1. The summed E-state index contributed by atoms with van der Waals surface area (Å²) in [4.78, 5) is 20.7. The topological polar surface area (TPSA) is 39.3 Å². The van der Waals surface area contributed by atoms with E-state index in [1.807, 2.05) is 36.2 Å². The zero-order chi connectivity index (χ0) is 19.5. The Labute approximate surface area is 167 Å². The van der Waals surface area contributed by atoms with Crippen molar-refractivity contribution < 1.29 is 4.79 Å². The molecule has 0 radical (unpaired) electrons. The monoisotopic (exact) mass is 375 g/mol. The van der Waals surface area contributed by atoms with Crippen LogP contribution in [0.1, 0.15) is 53.8 Å². The predicted octanol–water partition coefficient (Wildman–Crippen LogP) is 4.99. The molecule has 1 saturated heterocycles. The maximum atomic E-state index is 13.0. The number of aromatic nitrogens is 1. The Kier molecular flexibility index (Phi) is 5.49. The number of fused-ring (bicyclic) bond motifs is 1. The Hall–Kier alpha value is -2.59. The molecule has 0 spiro atoms. The molecule has 1 aliphatic rings. The van der Waals surface area contributed by atoms with Gasteiger partial charge in [-0.3, -0.25) is 9.69 Å². The summed E-state index contributed by atoms with van der Waals surface area (Å²) in [5.41, 5.74) is 4.18. The van der Waals surface area contributed by atoms with Gasteiger partial charge >= 0.3 is 0 Å². The van der Waals surface area contributed by atoms with Crippen molar-refractivity contribution >= 4 is 16.8 Å². The third-order valence-electron chi connectivity index (χ3n) is 5.96. The molecule has 3 aromatic rings. The number of amides is 1. The highest BCUT2D eigenvalue weighted by atomic mass is 16.2.